The van der Waals surface area contributed by atoms with E-state index in [-0.39, 0.29) is 5.91 Å². The predicted octanol–water partition coefficient (Wildman–Crippen LogP) is 2.79. The van der Waals surface area contributed by atoms with E-state index in [0.29, 0.717) is 41.8 Å². The summed E-state index contributed by atoms with van der Waals surface area (Å²) in [5.74, 6) is 1.85. The van der Waals surface area contributed by atoms with Crippen LogP contribution in [0.25, 0.3) is 10.8 Å². The fraction of sp³-hybridized carbons (Fsp3) is 0.235. The third-order valence-electron chi connectivity index (χ3n) is 3.47. The predicted molar refractivity (Wildman–Crippen MR) is 93.2 cm³/mol. The fourth-order valence-corrected chi connectivity index (χ4v) is 2.86. The standard InChI is InChI=1S/C17H17N3O4S/c1-22-12-6-5-11(10-13(12)23-2)16(21)18-8-7-15-19-20-17(24-15)14-4-3-9-25-14/h3-6,9-10H,7-8H2,1-2H3,(H,18,21). The highest BCUT2D eigenvalue weighted by Gasteiger charge is 2.12. The van der Waals surface area contributed by atoms with Gasteiger partial charge in [0.2, 0.25) is 5.89 Å². The van der Waals surface area contributed by atoms with Gasteiger partial charge < -0.3 is 19.2 Å². The van der Waals surface area contributed by atoms with Crippen LogP contribution in [-0.2, 0) is 6.42 Å². The number of methoxy groups -OCH3 is 2. The number of ether oxygens (including phenoxy) is 2. The molecule has 3 aromatic rings. The molecule has 0 aliphatic rings. The summed E-state index contributed by atoms with van der Waals surface area (Å²) in [6.07, 6.45) is 0.456. The van der Waals surface area contributed by atoms with Gasteiger partial charge in [-0.15, -0.1) is 21.5 Å². The summed E-state index contributed by atoms with van der Waals surface area (Å²) in [6, 6.07) is 8.85. The molecule has 1 N–H and O–H groups in total. The molecule has 1 aromatic carbocycles. The lowest BCUT2D eigenvalue weighted by Gasteiger charge is -2.09. The van der Waals surface area contributed by atoms with Crippen LogP contribution in [0.1, 0.15) is 16.2 Å². The average Bonchev–Trinajstić information content (AvgIpc) is 3.32. The monoisotopic (exact) mass is 359 g/mol. The third kappa shape index (κ3) is 3.97. The van der Waals surface area contributed by atoms with E-state index < -0.39 is 0 Å². The largest absolute Gasteiger partial charge is 0.493 e. The van der Waals surface area contributed by atoms with Crippen LogP contribution in [0.2, 0.25) is 0 Å². The summed E-state index contributed by atoms with van der Waals surface area (Å²) in [5.41, 5.74) is 0.488. The second-order valence-electron chi connectivity index (χ2n) is 5.05. The number of nitrogens with one attached hydrogen (secondary N) is 1. The molecule has 0 radical (unpaired) electrons. The third-order valence-corrected chi connectivity index (χ3v) is 4.33. The second kappa shape index (κ2) is 7.80. The topological polar surface area (TPSA) is 86.5 Å². The molecular formula is C17H17N3O4S. The number of amides is 1. The smallest absolute Gasteiger partial charge is 0.257 e. The number of rotatable bonds is 7. The first kappa shape index (κ1) is 17.0. The molecule has 2 heterocycles. The van der Waals surface area contributed by atoms with Gasteiger partial charge in [-0.3, -0.25) is 4.79 Å². The Morgan fingerprint density at radius 2 is 2.04 bits per heavy atom. The van der Waals surface area contributed by atoms with E-state index in [2.05, 4.69) is 15.5 Å². The van der Waals surface area contributed by atoms with E-state index in [1.54, 1.807) is 25.3 Å². The molecular weight excluding hydrogens is 342 g/mol. The van der Waals surface area contributed by atoms with Crippen LogP contribution in [0.5, 0.6) is 11.5 Å². The van der Waals surface area contributed by atoms with Crippen molar-refractivity contribution in [2.24, 2.45) is 0 Å². The molecule has 2 aromatic heterocycles. The maximum atomic E-state index is 12.2. The van der Waals surface area contributed by atoms with Gasteiger partial charge in [0.15, 0.2) is 11.5 Å². The highest BCUT2D eigenvalue weighted by Crippen LogP contribution is 2.27. The van der Waals surface area contributed by atoms with Crippen molar-refractivity contribution >= 4 is 17.2 Å². The van der Waals surface area contributed by atoms with Gasteiger partial charge in [0.05, 0.1) is 19.1 Å². The number of hydrogen-bond acceptors (Lipinski definition) is 7. The van der Waals surface area contributed by atoms with Crippen molar-refractivity contribution < 1.29 is 18.7 Å². The van der Waals surface area contributed by atoms with E-state index in [9.17, 15) is 4.79 Å². The van der Waals surface area contributed by atoms with Gasteiger partial charge in [-0.05, 0) is 29.6 Å². The first-order valence-corrected chi connectivity index (χ1v) is 8.45. The summed E-state index contributed by atoms with van der Waals surface area (Å²) in [4.78, 5) is 13.1. The lowest BCUT2D eigenvalue weighted by Crippen LogP contribution is -2.25. The summed E-state index contributed by atoms with van der Waals surface area (Å²) in [6.45, 7) is 0.388. The van der Waals surface area contributed by atoms with Crippen molar-refractivity contribution in [1.82, 2.24) is 15.5 Å². The maximum absolute atomic E-state index is 12.2. The molecule has 7 nitrogen and oxygen atoms in total. The van der Waals surface area contributed by atoms with Crippen molar-refractivity contribution in [3.05, 3.63) is 47.2 Å². The Morgan fingerprint density at radius 1 is 1.20 bits per heavy atom. The van der Waals surface area contributed by atoms with Gasteiger partial charge in [0.1, 0.15) is 0 Å². The molecule has 130 valence electrons. The quantitative estimate of drug-likeness (QED) is 0.698. The summed E-state index contributed by atoms with van der Waals surface area (Å²) < 4.78 is 15.9. The Morgan fingerprint density at radius 3 is 2.76 bits per heavy atom. The minimum atomic E-state index is -0.209. The first-order valence-electron chi connectivity index (χ1n) is 7.57. The van der Waals surface area contributed by atoms with Gasteiger partial charge >= 0.3 is 0 Å². The van der Waals surface area contributed by atoms with Gasteiger partial charge in [-0.25, -0.2) is 0 Å². The Labute approximate surface area is 148 Å². The van der Waals surface area contributed by atoms with E-state index in [0.717, 1.165) is 4.88 Å². The summed E-state index contributed by atoms with van der Waals surface area (Å²) in [5, 5.41) is 12.8. The highest BCUT2D eigenvalue weighted by molar-refractivity contribution is 7.13. The van der Waals surface area contributed by atoms with Crippen molar-refractivity contribution in [3.8, 4) is 22.3 Å². The number of hydrogen-bond donors (Lipinski definition) is 1. The number of benzene rings is 1. The molecule has 0 fully saturated rings. The molecule has 0 spiro atoms. The highest BCUT2D eigenvalue weighted by atomic mass is 32.1. The zero-order valence-corrected chi connectivity index (χ0v) is 14.6. The van der Waals surface area contributed by atoms with E-state index in [4.69, 9.17) is 13.9 Å². The second-order valence-corrected chi connectivity index (χ2v) is 6.00. The van der Waals surface area contributed by atoms with Gasteiger partial charge in [-0.1, -0.05) is 6.07 Å². The zero-order valence-electron chi connectivity index (χ0n) is 13.8. The number of aromatic nitrogens is 2. The van der Waals surface area contributed by atoms with Crippen molar-refractivity contribution in [1.29, 1.82) is 0 Å². The Balaban J connectivity index is 1.56. The molecule has 0 bridgehead atoms. The minimum Gasteiger partial charge on any atom is -0.493 e. The Kier molecular flexibility index (Phi) is 5.30. The maximum Gasteiger partial charge on any atom is 0.257 e. The van der Waals surface area contributed by atoms with Crippen LogP contribution in [0.4, 0.5) is 0 Å². The minimum absolute atomic E-state index is 0.209. The van der Waals surface area contributed by atoms with Gasteiger partial charge in [0, 0.05) is 18.5 Å². The molecule has 3 rings (SSSR count). The molecule has 0 atom stereocenters. The van der Waals surface area contributed by atoms with Crippen molar-refractivity contribution in [3.63, 3.8) is 0 Å². The number of carbonyl (C=O) groups is 1. The zero-order chi connectivity index (χ0) is 17.6. The molecule has 0 aliphatic heterocycles. The molecule has 0 unspecified atom stereocenters. The van der Waals surface area contributed by atoms with Crippen LogP contribution in [0.3, 0.4) is 0 Å². The Bertz CT molecular complexity index is 845. The fourth-order valence-electron chi connectivity index (χ4n) is 2.22. The number of thiophene rings is 1. The van der Waals surface area contributed by atoms with Crippen LogP contribution in [0.15, 0.2) is 40.1 Å². The molecule has 1 amide bonds. The normalized spacial score (nSPS) is 10.5. The van der Waals surface area contributed by atoms with E-state index in [1.807, 2.05) is 17.5 Å². The van der Waals surface area contributed by atoms with Crippen LogP contribution in [-0.4, -0.2) is 36.9 Å². The molecule has 0 aliphatic carbocycles. The lowest BCUT2D eigenvalue weighted by atomic mass is 10.2. The van der Waals surface area contributed by atoms with Gasteiger partial charge in [-0.2, -0.15) is 0 Å². The SMILES string of the molecule is COc1ccc(C(=O)NCCc2nnc(-c3cccs3)o2)cc1OC. The van der Waals surface area contributed by atoms with Crippen LogP contribution >= 0.6 is 11.3 Å². The number of carbonyl (C=O) groups excluding carboxylic acids is 1. The first-order chi connectivity index (χ1) is 12.2. The van der Waals surface area contributed by atoms with Gasteiger partial charge in [0.25, 0.3) is 11.8 Å². The van der Waals surface area contributed by atoms with E-state index in [1.165, 1.54) is 18.4 Å². The number of nitrogens with zero attached hydrogens (tertiary/aromatic N) is 2. The molecule has 8 heteroatoms. The Hall–Kier alpha value is -2.87. The summed E-state index contributed by atoms with van der Waals surface area (Å²) in [7, 11) is 3.08. The van der Waals surface area contributed by atoms with E-state index >= 15 is 0 Å². The van der Waals surface area contributed by atoms with Crippen LogP contribution in [0, 0.1) is 0 Å². The lowest BCUT2D eigenvalue weighted by molar-refractivity contribution is 0.0953. The molecule has 0 saturated heterocycles. The average molecular weight is 359 g/mol. The molecule has 25 heavy (non-hydrogen) atoms. The van der Waals surface area contributed by atoms with Crippen molar-refractivity contribution in [2.45, 2.75) is 6.42 Å². The van der Waals surface area contributed by atoms with Crippen LogP contribution < -0.4 is 14.8 Å². The summed E-state index contributed by atoms with van der Waals surface area (Å²) >= 11 is 1.53. The van der Waals surface area contributed by atoms with Crippen molar-refractivity contribution in [2.75, 3.05) is 20.8 Å². The molecule has 0 saturated carbocycles.